The van der Waals surface area contributed by atoms with Crippen LogP contribution in [-0.2, 0) is 6.54 Å². The third kappa shape index (κ3) is 4.56. The highest BCUT2D eigenvalue weighted by atomic mass is 32.1. The van der Waals surface area contributed by atoms with Crippen molar-refractivity contribution in [1.29, 1.82) is 0 Å². The Labute approximate surface area is 128 Å². The van der Waals surface area contributed by atoms with Crippen LogP contribution in [0.2, 0.25) is 0 Å². The summed E-state index contributed by atoms with van der Waals surface area (Å²) in [6, 6.07) is -0.153. The summed E-state index contributed by atoms with van der Waals surface area (Å²) >= 11 is 1.56. The summed E-state index contributed by atoms with van der Waals surface area (Å²) in [5.74, 6) is 0.995. The maximum Gasteiger partial charge on any atom is 0.315 e. The van der Waals surface area contributed by atoms with Gasteiger partial charge in [0.05, 0.1) is 6.04 Å². The van der Waals surface area contributed by atoms with E-state index in [-0.39, 0.29) is 12.1 Å². The van der Waals surface area contributed by atoms with Gasteiger partial charge in [-0.25, -0.2) is 14.8 Å². The third-order valence-electron chi connectivity index (χ3n) is 3.25. The lowest BCUT2D eigenvalue weighted by molar-refractivity contribution is 0.236. The number of hydrogen-bond donors (Lipinski definition) is 2. The van der Waals surface area contributed by atoms with E-state index in [0.29, 0.717) is 6.54 Å². The molecule has 0 saturated carbocycles. The smallest absolute Gasteiger partial charge is 0.315 e. The van der Waals surface area contributed by atoms with Gasteiger partial charge in [-0.15, -0.1) is 11.3 Å². The van der Waals surface area contributed by atoms with Crippen molar-refractivity contribution in [2.75, 3.05) is 6.54 Å². The summed E-state index contributed by atoms with van der Waals surface area (Å²) in [5, 5.41) is 8.70. The van der Waals surface area contributed by atoms with Crippen LogP contribution in [0.4, 0.5) is 4.79 Å². The molecule has 0 fully saturated rings. The van der Waals surface area contributed by atoms with Gasteiger partial charge in [-0.2, -0.15) is 0 Å². The molecule has 6 nitrogen and oxygen atoms in total. The lowest BCUT2D eigenvalue weighted by atomic mass is 10.2. The number of amides is 2. The summed E-state index contributed by atoms with van der Waals surface area (Å²) in [4.78, 5) is 20.3. The van der Waals surface area contributed by atoms with Crippen molar-refractivity contribution in [2.24, 2.45) is 0 Å². The molecule has 0 aliphatic heterocycles. The Hall–Kier alpha value is -1.89. The molecule has 0 aliphatic rings. The maximum absolute atomic E-state index is 11.9. The fourth-order valence-electron chi connectivity index (χ4n) is 2.05. The molecular weight excluding hydrogens is 286 g/mol. The van der Waals surface area contributed by atoms with Gasteiger partial charge in [0.15, 0.2) is 0 Å². The second-order valence-electron chi connectivity index (χ2n) is 4.75. The number of urea groups is 1. The minimum atomic E-state index is -0.139. The highest BCUT2D eigenvalue weighted by Crippen LogP contribution is 2.18. The molecule has 1 atom stereocenters. The third-order valence-corrected chi connectivity index (χ3v) is 4.14. The van der Waals surface area contributed by atoms with E-state index in [0.717, 1.165) is 30.2 Å². The molecule has 0 aromatic carbocycles. The van der Waals surface area contributed by atoms with E-state index < -0.39 is 0 Å². The molecule has 114 valence electrons. The second kappa shape index (κ2) is 7.78. The van der Waals surface area contributed by atoms with Crippen LogP contribution in [0.1, 0.15) is 36.6 Å². The Kier molecular flexibility index (Phi) is 5.74. The van der Waals surface area contributed by atoms with Crippen LogP contribution in [0, 0.1) is 6.92 Å². The molecule has 2 aromatic heterocycles. The van der Waals surface area contributed by atoms with Crippen LogP contribution < -0.4 is 10.6 Å². The summed E-state index contributed by atoms with van der Waals surface area (Å²) in [5.41, 5.74) is 0. The molecule has 0 radical (unpaired) electrons. The van der Waals surface area contributed by atoms with Crippen LogP contribution in [0.15, 0.2) is 24.0 Å². The Morgan fingerprint density at radius 1 is 1.43 bits per heavy atom. The van der Waals surface area contributed by atoms with E-state index in [9.17, 15) is 4.79 Å². The van der Waals surface area contributed by atoms with Gasteiger partial charge in [-0.1, -0.05) is 6.92 Å². The number of nitrogens with zero attached hydrogens (tertiary/aromatic N) is 3. The molecule has 2 N–H and O–H groups in total. The zero-order valence-corrected chi connectivity index (χ0v) is 13.2. The number of aromatic nitrogens is 3. The number of nitrogens with one attached hydrogen (secondary N) is 2. The van der Waals surface area contributed by atoms with Crippen LogP contribution in [-0.4, -0.2) is 27.1 Å². The number of aryl methyl sites for hydroxylation is 2. The first-order valence-corrected chi connectivity index (χ1v) is 8.00. The van der Waals surface area contributed by atoms with Crippen LogP contribution in [0.25, 0.3) is 0 Å². The minimum absolute atomic E-state index is 0.0131. The van der Waals surface area contributed by atoms with Crippen molar-refractivity contribution in [2.45, 2.75) is 39.3 Å². The zero-order valence-electron chi connectivity index (χ0n) is 12.4. The molecule has 7 heteroatoms. The van der Waals surface area contributed by atoms with Crippen molar-refractivity contribution in [1.82, 2.24) is 25.2 Å². The highest BCUT2D eigenvalue weighted by Gasteiger charge is 2.14. The highest BCUT2D eigenvalue weighted by molar-refractivity contribution is 7.09. The molecule has 2 aromatic rings. The average molecular weight is 307 g/mol. The van der Waals surface area contributed by atoms with Crippen molar-refractivity contribution in [3.63, 3.8) is 0 Å². The molecule has 0 aliphatic carbocycles. The number of imidazole rings is 1. The predicted molar refractivity (Wildman–Crippen MR) is 83.3 cm³/mol. The molecule has 21 heavy (non-hydrogen) atoms. The molecule has 2 rings (SSSR count). The molecule has 0 bridgehead atoms. The Morgan fingerprint density at radius 2 is 2.29 bits per heavy atom. The fourth-order valence-corrected chi connectivity index (χ4v) is 2.82. The number of carbonyl (C=O) groups is 1. The van der Waals surface area contributed by atoms with Crippen LogP contribution in [0.3, 0.4) is 0 Å². The average Bonchev–Trinajstić information content (AvgIpc) is 3.13. The summed E-state index contributed by atoms with van der Waals surface area (Å²) in [6.45, 7) is 5.50. The van der Waals surface area contributed by atoms with Gasteiger partial charge in [0.2, 0.25) is 0 Å². The maximum atomic E-state index is 11.9. The van der Waals surface area contributed by atoms with Gasteiger partial charge in [0, 0.05) is 37.1 Å². The van der Waals surface area contributed by atoms with Gasteiger partial charge >= 0.3 is 6.03 Å². The number of rotatable bonds is 7. The lowest BCUT2D eigenvalue weighted by Crippen LogP contribution is -2.38. The Balaban J connectivity index is 1.68. The first-order valence-electron chi connectivity index (χ1n) is 7.12. The van der Waals surface area contributed by atoms with Crippen LogP contribution >= 0.6 is 11.3 Å². The number of thiazole rings is 1. The van der Waals surface area contributed by atoms with Crippen molar-refractivity contribution in [3.8, 4) is 0 Å². The van der Waals surface area contributed by atoms with E-state index in [1.807, 2.05) is 25.4 Å². The van der Waals surface area contributed by atoms with Gasteiger partial charge in [-0.3, -0.25) is 0 Å². The molecule has 0 unspecified atom stereocenters. The molecular formula is C14H21N5OS. The summed E-state index contributed by atoms with van der Waals surface area (Å²) in [7, 11) is 0. The summed E-state index contributed by atoms with van der Waals surface area (Å²) < 4.78 is 2.07. The number of carbonyl (C=O) groups excluding carboxylic acids is 1. The largest absolute Gasteiger partial charge is 0.338 e. The second-order valence-corrected chi connectivity index (χ2v) is 5.68. The molecule has 0 saturated heterocycles. The van der Waals surface area contributed by atoms with E-state index in [4.69, 9.17) is 0 Å². The quantitative estimate of drug-likeness (QED) is 0.772. The molecule has 0 spiro atoms. The fraction of sp³-hybridized carbons (Fsp3) is 0.500. The zero-order chi connectivity index (χ0) is 15.1. The van der Waals surface area contributed by atoms with E-state index in [2.05, 4.69) is 25.2 Å². The van der Waals surface area contributed by atoms with E-state index in [1.165, 1.54) is 0 Å². The lowest BCUT2D eigenvalue weighted by Gasteiger charge is -2.15. The van der Waals surface area contributed by atoms with Gasteiger partial charge in [-0.05, 0) is 19.8 Å². The Morgan fingerprint density at radius 3 is 2.90 bits per heavy atom. The minimum Gasteiger partial charge on any atom is -0.338 e. The van der Waals surface area contributed by atoms with Crippen molar-refractivity contribution < 1.29 is 4.79 Å². The SMILES string of the molecule is CC[C@@H](NC(=O)NCCCn1ccnc1C)c1nccs1. The number of hydrogen-bond acceptors (Lipinski definition) is 4. The first kappa shape index (κ1) is 15.5. The van der Waals surface area contributed by atoms with E-state index in [1.54, 1.807) is 23.7 Å². The van der Waals surface area contributed by atoms with Crippen molar-refractivity contribution >= 4 is 17.4 Å². The van der Waals surface area contributed by atoms with Gasteiger partial charge < -0.3 is 15.2 Å². The first-order chi connectivity index (χ1) is 10.2. The van der Waals surface area contributed by atoms with Crippen molar-refractivity contribution in [3.05, 3.63) is 34.8 Å². The topological polar surface area (TPSA) is 71.8 Å². The van der Waals surface area contributed by atoms with Gasteiger partial charge in [0.25, 0.3) is 0 Å². The molecule has 2 heterocycles. The van der Waals surface area contributed by atoms with Crippen LogP contribution in [0.5, 0.6) is 0 Å². The monoisotopic (exact) mass is 307 g/mol. The van der Waals surface area contributed by atoms with Gasteiger partial charge in [0.1, 0.15) is 10.8 Å². The normalized spacial score (nSPS) is 12.1. The summed E-state index contributed by atoms with van der Waals surface area (Å²) in [6.07, 6.45) is 7.20. The van der Waals surface area contributed by atoms with E-state index >= 15 is 0 Å². The molecule has 2 amide bonds. The standard InChI is InChI=1S/C14H21N5OS/c1-3-12(13-16-7-10-21-13)18-14(20)17-5-4-8-19-9-6-15-11(19)2/h6-7,9-10,12H,3-5,8H2,1-2H3,(H2,17,18,20)/t12-/m1/s1. The predicted octanol–water partition coefficient (Wildman–Crippen LogP) is 2.49. The Bertz CT molecular complexity index is 551.